The van der Waals surface area contributed by atoms with Crippen molar-refractivity contribution in [2.75, 3.05) is 20.8 Å². The normalized spacial score (nSPS) is 19.9. The van der Waals surface area contributed by atoms with Gasteiger partial charge in [-0.2, -0.15) is 0 Å². The van der Waals surface area contributed by atoms with E-state index in [1.165, 1.54) is 0 Å². The minimum absolute atomic E-state index is 0.0266. The molecule has 34 heavy (non-hydrogen) atoms. The molecule has 6 nitrogen and oxygen atoms in total. The molecule has 2 aromatic rings. The molecule has 2 aliphatic rings. The zero-order valence-corrected chi connectivity index (χ0v) is 20.1. The average molecular weight is 462 g/mol. The van der Waals surface area contributed by atoms with E-state index in [0.29, 0.717) is 54.2 Å². The highest BCUT2D eigenvalue weighted by Crippen LogP contribution is 2.48. The number of carbonyl (C=O) groups is 2. The summed E-state index contributed by atoms with van der Waals surface area (Å²) in [5.41, 5.74) is 4.50. The van der Waals surface area contributed by atoms with Crippen LogP contribution in [0.2, 0.25) is 0 Å². The van der Waals surface area contributed by atoms with Crippen LogP contribution in [0.3, 0.4) is 0 Å². The first kappa shape index (κ1) is 23.6. The topological polar surface area (TPSA) is 73.9 Å². The maximum atomic E-state index is 13.7. The summed E-state index contributed by atoms with van der Waals surface area (Å²) < 4.78 is 16.6. The first-order valence-electron chi connectivity index (χ1n) is 11.7. The molecule has 1 heterocycles. The predicted molar refractivity (Wildman–Crippen MR) is 130 cm³/mol. The lowest BCUT2D eigenvalue weighted by atomic mass is 9.71. The van der Waals surface area contributed by atoms with Gasteiger partial charge in [0.15, 0.2) is 5.78 Å². The lowest BCUT2D eigenvalue weighted by molar-refractivity contribution is -0.139. The minimum atomic E-state index is -0.578. The predicted octanol–water partition coefficient (Wildman–Crippen LogP) is 5.02. The molecule has 0 radical (unpaired) electrons. The molecule has 1 N–H and O–H groups in total. The summed E-state index contributed by atoms with van der Waals surface area (Å²) in [5, 5.41) is 3.39. The Morgan fingerprint density at radius 2 is 1.82 bits per heavy atom. The molecule has 1 aliphatic carbocycles. The van der Waals surface area contributed by atoms with Crippen molar-refractivity contribution in [1.82, 2.24) is 5.32 Å². The smallest absolute Gasteiger partial charge is 0.336 e. The van der Waals surface area contributed by atoms with Crippen LogP contribution in [0.25, 0.3) is 0 Å². The Hall–Kier alpha value is -3.54. The van der Waals surface area contributed by atoms with Gasteiger partial charge in [0, 0.05) is 35.0 Å². The molecule has 1 aliphatic heterocycles. The molecule has 178 valence electrons. The van der Waals surface area contributed by atoms with E-state index in [4.69, 9.17) is 14.2 Å². The molecule has 0 saturated carbocycles. The Morgan fingerprint density at radius 3 is 2.50 bits per heavy atom. The van der Waals surface area contributed by atoms with Gasteiger partial charge in [-0.05, 0) is 37.3 Å². The number of methoxy groups -OCH3 is 2. The van der Waals surface area contributed by atoms with Crippen LogP contribution in [0.4, 0.5) is 0 Å². The number of dihydropyridines is 1. The van der Waals surface area contributed by atoms with Crippen LogP contribution >= 0.6 is 0 Å². The molecular weight excluding hydrogens is 430 g/mol. The minimum Gasteiger partial charge on any atom is -0.497 e. The molecule has 0 aromatic heterocycles. The monoisotopic (exact) mass is 461 g/mol. The van der Waals surface area contributed by atoms with Crippen LogP contribution in [0, 0.1) is 0 Å². The lowest BCUT2D eigenvalue weighted by Gasteiger charge is -2.37. The van der Waals surface area contributed by atoms with E-state index in [1.54, 1.807) is 20.3 Å². The molecule has 0 fully saturated rings. The molecule has 2 aromatic carbocycles. The van der Waals surface area contributed by atoms with Crippen molar-refractivity contribution in [3.8, 4) is 11.5 Å². The van der Waals surface area contributed by atoms with Crippen LogP contribution in [0.5, 0.6) is 11.5 Å². The van der Waals surface area contributed by atoms with E-state index in [-0.39, 0.29) is 11.7 Å². The van der Waals surface area contributed by atoms with Gasteiger partial charge in [0.25, 0.3) is 0 Å². The zero-order valence-electron chi connectivity index (χ0n) is 20.1. The first-order chi connectivity index (χ1) is 16.5. The number of esters is 1. The second kappa shape index (κ2) is 10.2. The molecule has 0 amide bonds. The van der Waals surface area contributed by atoms with Crippen molar-refractivity contribution in [3.63, 3.8) is 0 Å². The van der Waals surface area contributed by atoms with Gasteiger partial charge in [-0.3, -0.25) is 4.79 Å². The molecule has 0 spiro atoms. The third kappa shape index (κ3) is 4.45. The lowest BCUT2D eigenvalue weighted by Crippen LogP contribution is -2.36. The van der Waals surface area contributed by atoms with Gasteiger partial charge >= 0.3 is 5.97 Å². The highest BCUT2D eigenvalue weighted by atomic mass is 16.5. The van der Waals surface area contributed by atoms with Crippen LogP contribution in [-0.2, 0) is 14.3 Å². The molecule has 4 rings (SSSR count). The van der Waals surface area contributed by atoms with Crippen LogP contribution < -0.4 is 14.8 Å². The van der Waals surface area contributed by atoms with E-state index in [1.807, 2.05) is 44.2 Å². The van der Waals surface area contributed by atoms with E-state index in [0.717, 1.165) is 16.8 Å². The molecule has 0 saturated heterocycles. The van der Waals surface area contributed by atoms with Crippen molar-refractivity contribution in [2.24, 2.45) is 0 Å². The molecular formula is C28H31NO5. The number of rotatable bonds is 7. The van der Waals surface area contributed by atoms with Crippen LogP contribution in [0.15, 0.2) is 71.1 Å². The summed E-state index contributed by atoms with van der Waals surface area (Å²) in [7, 11) is 3.17. The highest BCUT2D eigenvalue weighted by molar-refractivity contribution is 6.04. The third-order valence-corrected chi connectivity index (χ3v) is 6.51. The fourth-order valence-electron chi connectivity index (χ4n) is 4.91. The van der Waals surface area contributed by atoms with Crippen molar-refractivity contribution >= 4 is 11.8 Å². The number of ether oxygens (including phenoxy) is 3. The Kier molecular flexibility index (Phi) is 7.06. The second-order valence-electron chi connectivity index (χ2n) is 8.67. The quantitative estimate of drug-likeness (QED) is 0.584. The van der Waals surface area contributed by atoms with Gasteiger partial charge in [-0.1, -0.05) is 43.3 Å². The maximum absolute atomic E-state index is 13.7. The molecule has 2 atom stereocenters. The number of carbonyl (C=O) groups excluding carboxylic acids is 2. The molecule has 0 bridgehead atoms. The van der Waals surface area contributed by atoms with Gasteiger partial charge in [0.2, 0.25) is 0 Å². The van der Waals surface area contributed by atoms with E-state index in [2.05, 4.69) is 17.4 Å². The Bertz CT molecular complexity index is 1150. The Morgan fingerprint density at radius 1 is 1.06 bits per heavy atom. The van der Waals surface area contributed by atoms with Crippen molar-refractivity contribution in [2.45, 2.75) is 44.9 Å². The first-order valence-corrected chi connectivity index (χ1v) is 11.7. The summed E-state index contributed by atoms with van der Waals surface area (Å²) in [6.07, 6.45) is 1.79. The Balaban J connectivity index is 1.84. The van der Waals surface area contributed by atoms with E-state index >= 15 is 0 Å². The number of hydrogen-bond acceptors (Lipinski definition) is 6. The zero-order chi connectivity index (χ0) is 24.2. The summed E-state index contributed by atoms with van der Waals surface area (Å²) in [6.45, 7) is 4.14. The highest BCUT2D eigenvalue weighted by Gasteiger charge is 2.42. The number of Topliss-reactive ketones (excluding diaryl/α,β-unsaturated/α-hetero) is 1. The fraction of sp³-hybridized carbons (Fsp3) is 0.357. The van der Waals surface area contributed by atoms with Crippen molar-refractivity contribution in [1.29, 1.82) is 0 Å². The Labute approximate surface area is 200 Å². The molecule has 6 heteroatoms. The third-order valence-electron chi connectivity index (χ3n) is 6.51. The summed E-state index contributed by atoms with van der Waals surface area (Å²) in [5.74, 6) is 0.312. The van der Waals surface area contributed by atoms with Crippen LogP contribution in [-0.4, -0.2) is 32.6 Å². The van der Waals surface area contributed by atoms with Crippen molar-refractivity contribution < 1.29 is 23.8 Å². The van der Waals surface area contributed by atoms with Gasteiger partial charge in [-0.25, -0.2) is 4.79 Å². The van der Waals surface area contributed by atoms with E-state index in [9.17, 15) is 9.59 Å². The van der Waals surface area contributed by atoms with Gasteiger partial charge in [0.1, 0.15) is 11.5 Å². The summed E-state index contributed by atoms with van der Waals surface area (Å²) >= 11 is 0. The van der Waals surface area contributed by atoms with E-state index < -0.39 is 11.9 Å². The molecule has 2 unspecified atom stereocenters. The summed E-state index contributed by atoms with van der Waals surface area (Å²) in [6, 6.07) is 15.6. The number of hydrogen-bond donors (Lipinski definition) is 1. The number of ketones is 1. The number of allylic oxidation sites excluding steroid dienone is 3. The fourth-order valence-corrected chi connectivity index (χ4v) is 4.91. The van der Waals surface area contributed by atoms with Gasteiger partial charge in [0.05, 0.1) is 32.3 Å². The number of benzene rings is 2. The number of nitrogens with one attached hydrogen (secondary N) is 1. The largest absolute Gasteiger partial charge is 0.497 e. The van der Waals surface area contributed by atoms with Gasteiger partial charge < -0.3 is 19.5 Å². The standard InChI is InChI=1S/C28H31NO5/c1-5-13-34-28(31)25-17(2)29-22-14-19(18-9-7-6-8-10-18)15-23(30)27(22)26(25)21-12-11-20(32-3)16-24(21)33-4/h6-12,16,19,26,29H,5,13-15H2,1-4H3. The average Bonchev–Trinajstić information content (AvgIpc) is 2.86. The van der Waals surface area contributed by atoms with Gasteiger partial charge in [-0.15, -0.1) is 0 Å². The second-order valence-corrected chi connectivity index (χ2v) is 8.67. The SMILES string of the molecule is CCCOC(=O)C1=C(C)NC2=C(C(=O)CC(c3ccccc3)C2)C1c1ccc(OC)cc1OC. The maximum Gasteiger partial charge on any atom is 0.336 e. The van der Waals surface area contributed by atoms with Crippen LogP contribution in [0.1, 0.15) is 56.1 Å². The van der Waals surface area contributed by atoms with Crippen molar-refractivity contribution in [3.05, 3.63) is 82.2 Å². The summed E-state index contributed by atoms with van der Waals surface area (Å²) in [4.78, 5) is 26.9.